The highest BCUT2D eigenvalue weighted by atomic mass is 127. The molecule has 0 radical (unpaired) electrons. The number of halogens is 3. The zero-order valence-corrected chi connectivity index (χ0v) is 17.2. The summed E-state index contributed by atoms with van der Waals surface area (Å²) in [5, 5.41) is 17.7. The van der Waals surface area contributed by atoms with Gasteiger partial charge in [-0.05, 0) is 80.0 Å². The summed E-state index contributed by atoms with van der Waals surface area (Å²) in [6.07, 6.45) is 0.00286. The Kier molecular flexibility index (Phi) is 9.31. The van der Waals surface area contributed by atoms with Crippen LogP contribution in [-0.2, 0) is 0 Å². The normalized spacial score (nSPS) is 10.4. The van der Waals surface area contributed by atoms with Gasteiger partial charge in [-0.15, -0.1) is 0 Å². The van der Waals surface area contributed by atoms with E-state index in [1.54, 1.807) is 13.8 Å². The molecule has 0 saturated heterocycles. The number of hydrogen-bond acceptors (Lipinski definition) is 4. The Morgan fingerprint density at radius 1 is 0.808 bits per heavy atom. The van der Waals surface area contributed by atoms with E-state index in [2.05, 4.69) is 22.6 Å². The topological polar surface area (TPSA) is 58.9 Å². The molecule has 0 aromatic heterocycles. The fraction of sp³-hybridized carbons (Fsp3) is 0.333. The molecule has 0 fully saturated rings. The molecular weight excluding hydrogens is 456 g/mol. The van der Waals surface area contributed by atoms with E-state index < -0.39 is 12.9 Å². The van der Waals surface area contributed by atoms with Crippen LogP contribution in [0.2, 0.25) is 0 Å². The maximum Gasteiger partial charge on any atom is 0.488 e. The lowest BCUT2D eigenvalue weighted by Gasteiger charge is -2.11. The third-order valence-electron chi connectivity index (χ3n) is 2.77. The highest BCUT2D eigenvalue weighted by Gasteiger charge is 2.14. The largest absolute Gasteiger partial charge is 0.491 e. The summed E-state index contributed by atoms with van der Waals surface area (Å²) in [4.78, 5) is 0. The lowest BCUT2D eigenvalue weighted by molar-refractivity contribution is 0.241. The Bertz CT molecular complexity index is 691. The Morgan fingerprint density at radius 3 is 1.69 bits per heavy atom. The smallest absolute Gasteiger partial charge is 0.488 e. The zero-order chi connectivity index (χ0) is 19.9. The van der Waals surface area contributed by atoms with Crippen molar-refractivity contribution in [2.75, 3.05) is 0 Å². The van der Waals surface area contributed by atoms with Gasteiger partial charge in [0, 0.05) is 15.7 Å². The van der Waals surface area contributed by atoms with Crippen LogP contribution in [0, 0.1) is 15.2 Å². The third kappa shape index (κ3) is 8.82. The second-order valence-electron chi connectivity index (χ2n) is 6.03. The zero-order valence-electron chi connectivity index (χ0n) is 15.0. The van der Waals surface area contributed by atoms with Crippen LogP contribution >= 0.6 is 22.6 Å². The van der Waals surface area contributed by atoms with Gasteiger partial charge in [0.25, 0.3) is 0 Å². The summed E-state index contributed by atoms with van der Waals surface area (Å²) in [5.41, 5.74) is 0.0839. The molecule has 26 heavy (non-hydrogen) atoms. The molecule has 2 N–H and O–H groups in total. The molecule has 0 spiro atoms. The second-order valence-corrected chi connectivity index (χ2v) is 7.28. The van der Waals surface area contributed by atoms with Gasteiger partial charge in [0.05, 0.1) is 12.2 Å². The van der Waals surface area contributed by atoms with E-state index in [0.717, 1.165) is 9.64 Å². The predicted octanol–water partition coefficient (Wildman–Crippen LogP) is 3.51. The molecule has 0 bridgehead atoms. The summed E-state index contributed by atoms with van der Waals surface area (Å²) in [6.45, 7) is 7.44. The summed E-state index contributed by atoms with van der Waals surface area (Å²) in [6, 6.07) is 8.32. The first kappa shape index (κ1) is 22.7. The standard InChI is InChI=1S/C9H12BFO3.C9H10FIO/c1-6(2)14-9-4-7(10(12)13)3-8(11)5-9;1-6(2)12-9-4-7(10)3-8(11)5-9/h3-6,12-13H,1-2H3;3-6H,1-2H3. The first-order valence-electron chi connectivity index (χ1n) is 8.03. The van der Waals surface area contributed by atoms with Crippen LogP contribution in [-0.4, -0.2) is 29.4 Å². The minimum atomic E-state index is -1.68. The molecule has 2 rings (SSSR count). The van der Waals surface area contributed by atoms with Crippen LogP contribution < -0.4 is 14.9 Å². The first-order chi connectivity index (χ1) is 12.1. The molecule has 4 nitrogen and oxygen atoms in total. The fourth-order valence-corrected chi connectivity index (χ4v) is 2.55. The van der Waals surface area contributed by atoms with Gasteiger partial charge in [0.15, 0.2) is 0 Å². The van der Waals surface area contributed by atoms with E-state index in [4.69, 9.17) is 19.5 Å². The van der Waals surface area contributed by atoms with Gasteiger partial charge in [0.2, 0.25) is 0 Å². The summed E-state index contributed by atoms with van der Waals surface area (Å²) in [5.74, 6) is 0.0845. The van der Waals surface area contributed by atoms with Crippen molar-refractivity contribution in [2.45, 2.75) is 39.9 Å². The molecule has 0 aliphatic rings. The quantitative estimate of drug-likeness (QED) is 0.511. The SMILES string of the molecule is CC(C)Oc1cc(F)cc(B(O)O)c1.CC(C)Oc1cc(F)cc(I)c1. The van der Waals surface area contributed by atoms with Crippen molar-refractivity contribution in [2.24, 2.45) is 0 Å². The molecule has 142 valence electrons. The van der Waals surface area contributed by atoms with Crippen LogP contribution in [0.4, 0.5) is 8.78 Å². The molecule has 0 unspecified atom stereocenters. The Labute approximate surface area is 166 Å². The highest BCUT2D eigenvalue weighted by Crippen LogP contribution is 2.18. The molecule has 0 saturated carbocycles. The monoisotopic (exact) mass is 478 g/mol. The Morgan fingerprint density at radius 2 is 1.27 bits per heavy atom. The van der Waals surface area contributed by atoms with Crippen molar-refractivity contribution in [3.63, 3.8) is 0 Å². The first-order valence-corrected chi connectivity index (χ1v) is 9.10. The van der Waals surface area contributed by atoms with E-state index >= 15 is 0 Å². The highest BCUT2D eigenvalue weighted by molar-refractivity contribution is 14.1. The number of ether oxygens (including phenoxy) is 2. The van der Waals surface area contributed by atoms with Crippen molar-refractivity contribution in [3.05, 3.63) is 51.6 Å². The minimum Gasteiger partial charge on any atom is -0.491 e. The Balaban J connectivity index is 0.000000263. The average molecular weight is 478 g/mol. The van der Waals surface area contributed by atoms with Crippen LogP contribution in [0.5, 0.6) is 11.5 Å². The molecule has 2 aromatic rings. The molecule has 8 heteroatoms. The molecule has 0 aliphatic heterocycles. The average Bonchev–Trinajstić information content (AvgIpc) is 2.44. The van der Waals surface area contributed by atoms with Gasteiger partial charge in [-0.2, -0.15) is 0 Å². The second kappa shape index (κ2) is 10.7. The molecule has 0 amide bonds. The van der Waals surface area contributed by atoms with E-state index in [-0.39, 0.29) is 23.5 Å². The van der Waals surface area contributed by atoms with Crippen molar-refractivity contribution >= 4 is 35.2 Å². The van der Waals surface area contributed by atoms with Crippen LogP contribution in [0.15, 0.2) is 36.4 Å². The lowest BCUT2D eigenvalue weighted by Crippen LogP contribution is -2.30. The van der Waals surface area contributed by atoms with E-state index in [9.17, 15) is 8.78 Å². The van der Waals surface area contributed by atoms with Crippen molar-refractivity contribution in [1.82, 2.24) is 0 Å². The van der Waals surface area contributed by atoms with E-state index in [0.29, 0.717) is 11.5 Å². The number of benzene rings is 2. The van der Waals surface area contributed by atoms with Gasteiger partial charge in [-0.25, -0.2) is 8.78 Å². The summed E-state index contributed by atoms with van der Waals surface area (Å²) >= 11 is 2.06. The minimum absolute atomic E-state index is 0.0829. The third-order valence-corrected chi connectivity index (χ3v) is 3.39. The number of hydrogen-bond donors (Lipinski definition) is 2. The van der Waals surface area contributed by atoms with Crippen LogP contribution in [0.3, 0.4) is 0 Å². The number of rotatable bonds is 5. The van der Waals surface area contributed by atoms with Gasteiger partial charge in [0.1, 0.15) is 23.1 Å². The molecule has 2 aromatic carbocycles. The van der Waals surface area contributed by atoms with Gasteiger partial charge < -0.3 is 19.5 Å². The summed E-state index contributed by atoms with van der Waals surface area (Å²) in [7, 11) is -1.68. The Hall–Kier alpha value is -1.39. The van der Waals surface area contributed by atoms with Crippen LogP contribution in [0.25, 0.3) is 0 Å². The molecular formula is C18H22BF2IO4. The maximum atomic E-state index is 12.9. The van der Waals surface area contributed by atoms with Crippen molar-refractivity contribution in [3.8, 4) is 11.5 Å². The van der Waals surface area contributed by atoms with Crippen LogP contribution in [0.1, 0.15) is 27.7 Å². The van der Waals surface area contributed by atoms with E-state index in [1.165, 1.54) is 24.3 Å². The fourth-order valence-electron chi connectivity index (χ4n) is 1.94. The molecule has 0 heterocycles. The molecule has 0 aliphatic carbocycles. The van der Waals surface area contributed by atoms with Crippen molar-refractivity contribution in [1.29, 1.82) is 0 Å². The van der Waals surface area contributed by atoms with Gasteiger partial charge in [-0.1, -0.05) is 0 Å². The molecule has 0 atom stereocenters. The van der Waals surface area contributed by atoms with Crippen molar-refractivity contribution < 1.29 is 28.3 Å². The van der Waals surface area contributed by atoms with Gasteiger partial charge >= 0.3 is 7.12 Å². The lowest BCUT2D eigenvalue weighted by atomic mass is 9.80. The maximum absolute atomic E-state index is 12.9. The predicted molar refractivity (Wildman–Crippen MR) is 107 cm³/mol. The summed E-state index contributed by atoms with van der Waals surface area (Å²) < 4.78 is 37.1. The van der Waals surface area contributed by atoms with Gasteiger partial charge in [-0.3, -0.25) is 0 Å². The van der Waals surface area contributed by atoms with E-state index in [1.807, 2.05) is 19.9 Å².